The molecule has 42 heavy (non-hydrogen) atoms. The molecular weight excluding hydrogens is 537 g/mol. The lowest BCUT2D eigenvalue weighted by Gasteiger charge is -2.34. The van der Waals surface area contributed by atoms with E-state index in [1.807, 2.05) is 24.3 Å². The van der Waals surface area contributed by atoms with Gasteiger partial charge >= 0.3 is 5.97 Å². The Hall–Kier alpha value is -5.03. The number of pyridine rings is 2. The number of aromatic nitrogens is 5. The lowest BCUT2D eigenvalue weighted by molar-refractivity contribution is -0.137. The fourth-order valence-corrected chi connectivity index (χ4v) is 5.19. The third-order valence-electron chi connectivity index (χ3n) is 7.19. The van der Waals surface area contributed by atoms with E-state index in [2.05, 4.69) is 25.6 Å². The summed E-state index contributed by atoms with van der Waals surface area (Å²) in [4.78, 5) is 36.6. The van der Waals surface area contributed by atoms with Crippen LogP contribution in [0.15, 0.2) is 73.1 Å². The molecule has 0 bridgehead atoms. The monoisotopic (exact) mass is 565 g/mol. The van der Waals surface area contributed by atoms with Crippen LogP contribution in [-0.4, -0.2) is 62.6 Å². The van der Waals surface area contributed by atoms with Gasteiger partial charge in [-0.2, -0.15) is 4.68 Å². The first-order valence-electron chi connectivity index (χ1n) is 13.8. The zero-order valence-electron chi connectivity index (χ0n) is 22.9. The van der Waals surface area contributed by atoms with E-state index in [0.29, 0.717) is 34.6 Å². The van der Waals surface area contributed by atoms with E-state index in [1.165, 1.54) is 22.9 Å². The van der Waals surface area contributed by atoms with E-state index in [9.17, 15) is 9.59 Å². The highest BCUT2D eigenvalue weighted by Gasteiger charge is 2.31. The van der Waals surface area contributed by atoms with E-state index in [0.717, 1.165) is 30.3 Å². The predicted octanol–water partition coefficient (Wildman–Crippen LogP) is 4.48. The van der Waals surface area contributed by atoms with Crippen LogP contribution in [0.1, 0.15) is 35.7 Å². The van der Waals surface area contributed by atoms with Gasteiger partial charge in [0.2, 0.25) is 0 Å². The van der Waals surface area contributed by atoms with Crippen LogP contribution in [0, 0.1) is 5.82 Å². The van der Waals surface area contributed by atoms with Crippen LogP contribution >= 0.6 is 0 Å². The number of nitrogens with zero attached hydrogens (tertiary/aromatic N) is 6. The van der Waals surface area contributed by atoms with Gasteiger partial charge in [0.25, 0.3) is 5.91 Å². The molecular formula is C31H28FN7O3. The van der Waals surface area contributed by atoms with Crippen molar-refractivity contribution in [1.82, 2.24) is 30.3 Å². The molecule has 0 saturated carbocycles. The van der Waals surface area contributed by atoms with Gasteiger partial charge < -0.3 is 10.1 Å². The molecule has 1 aliphatic rings. The molecule has 1 aliphatic heterocycles. The Morgan fingerprint density at radius 2 is 2.05 bits per heavy atom. The summed E-state index contributed by atoms with van der Waals surface area (Å²) in [5, 5.41) is 13.1. The first-order valence-corrected chi connectivity index (χ1v) is 13.8. The fourth-order valence-electron chi connectivity index (χ4n) is 5.19. The molecule has 6 rings (SSSR count). The summed E-state index contributed by atoms with van der Waals surface area (Å²) in [6, 6.07) is 15.1. The summed E-state index contributed by atoms with van der Waals surface area (Å²) in [5.74, 6) is -1.21. The average molecular weight is 566 g/mol. The zero-order valence-corrected chi connectivity index (χ0v) is 22.9. The molecule has 10 nitrogen and oxygen atoms in total. The molecule has 0 unspecified atom stereocenters. The number of hydrogen-bond donors (Lipinski definition) is 1. The summed E-state index contributed by atoms with van der Waals surface area (Å²) < 4.78 is 22.2. The van der Waals surface area contributed by atoms with Crippen LogP contribution < -0.4 is 10.2 Å². The normalized spacial score (nSPS) is 15.3. The van der Waals surface area contributed by atoms with E-state index in [4.69, 9.17) is 4.74 Å². The van der Waals surface area contributed by atoms with Crippen molar-refractivity contribution in [2.45, 2.75) is 25.8 Å². The summed E-state index contributed by atoms with van der Waals surface area (Å²) >= 11 is 0. The summed E-state index contributed by atoms with van der Waals surface area (Å²) in [6.45, 7) is 3.41. The zero-order chi connectivity index (χ0) is 29.1. The van der Waals surface area contributed by atoms with Crippen molar-refractivity contribution in [2.75, 3.05) is 24.6 Å². The van der Waals surface area contributed by atoms with Gasteiger partial charge in [-0.15, -0.1) is 5.10 Å². The topological polar surface area (TPSA) is 115 Å². The molecule has 1 fully saturated rings. The van der Waals surface area contributed by atoms with Crippen molar-refractivity contribution >= 4 is 45.7 Å². The van der Waals surface area contributed by atoms with Gasteiger partial charge in [0.05, 0.1) is 23.9 Å². The van der Waals surface area contributed by atoms with E-state index < -0.39 is 17.7 Å². The molecule has 3 aromatic heterocycles. The molecule has 0 spiro atoms. The van der Waals surface area contributed by atoms with Crippen LogP contribution in [0.5, 0.6) is 0 Å². The maximum Gasteiger partial charge on any atom is 0.330 e. The third-order valence-corrected chi connectivity index (χ3v) is 7.19. The Balaban J connectivity index is 1.40. The van der Waals surface area contributed by atoms with Crippen molar-refractivity contribution in [3.05, 3.63) is 90.0 Å². The Kier molecular flexibility index (Phi) is 7.65. The Morgan fingerprint density at radius 1 is 1.14 bits per heavy atom. The molecule has 0 radical (unpaired) electrons. The third kappa shape index (κ3) is 5.34. The van der Waals surface area contributed by atoms with Gasteiger partial charge in [-0.1, -0.05) is 17.3 Å². The van der Waals surface area contributed by atoms with Crippen LogP contribution in [0.2, 0.25) is 0 Å². The number of carbonyl (C=O) groups is 2. The number of esters is 1. The molecule has 1 amide bonds. The molecule has 5 aromatic rings. The highest BCUT2D eigenvalue weighted by molar-refractivity contribution is 6.10. The molecule has 4 heterocycles. The van der Waals surface area contributed by atoms with Gasteiger partial charge in [0, 0.05) is 36.5 Å². The number of ether oxygens (including phenoxy) is 1. The van der Waals surface area contributed by atoms with Gasteiger partial charge in [0.1, 0.15) is 17.2 Å². The molecule has 2 aromatic carbocycles. The molecule has 212 valence electrons. The molecule has 0 aliphatic carbocycles. The van der Waals surface area contributed by atoms with Crippen LogP contribution in [0.25, 0.3) is 33.7 Å². The van der Waals surface area contributed by atoms with E-state index in [1.54, 1.807) is 48.5 Å². The number of halogens is 1. The predicted molar refractivity (Wildman–Crippen MR) is 157 cm³/mol. The van der Waals surface area contributed by atoms with Gasteiger partial charge in [-0.3, -0.25) is 9.69 Å². The number of nitrogens with one attached hydrogen (secondary N) is 1. The highest BCUT2D eigenvalue weighted by atomic mass is 19.1. The number of rotatable bonds is 7. The lowest BCUT2D eigenvalue weighted by atomic mass is 10.0. The van der Waals surface area contributed by atoms with Gasteiger partial charge in [0.15, 0.2) is 5.65 Å². The summed E-state index contributed by atoms with van der Waals surface area (Å²) in [6.07, 6.45) is 7.87. The maximum atomic E-state index is 15.7. The van der Waals surface area contributed by atoms with Gasteiger partial charge in [-0.05, 0) is 79.7 Å². The number of benzene rings is 2. The van der Waals surface area contributed by atoms with Crippen LogP contribution in [0.3, 0.4) is 0 Å². The summed E-state index contributed by atoms with van der Waals surface area (Å²) in [7, 11) is 0. The molecule has 1 N–H and O–H groups in total. The van der Waals surface area contributed by atoms with E-state index in [-0.39, 0.29) is 18.2 Å². The quantitative estimate of drug-likeness (QED) is 0.227. The minimum atomic E-state index is -0.691. The second kappa shape index (κ2) is 11.8. The standard InChI is InChI=1S/C31H28FN7O3/c1-2-42-28(40)12-8-20-7-9-21-13-16-35-29(25(21)17-20)38(23-5-3-14-33-19-23)31(41)24-11-10-22(18-26(24)32)39-30-27(36-37-39)6-4-15-34-30/h4,6-13,15-18,23,33H,2-3,5,14,19H2,1H3/b12-8+/t23-/m1/s1. The number of hydrogen-bond acceptors (Lipinski definition) is 8. The number of amides is 1. The van der Waals surface area contributed by atoms with Crippen molar-refractivity contribution in [3.63, 3.8) is 0 Å². The van der Waals surface area contributed by atoms with Crippen molar-refractivity contribution in [1.29, 1.82) is 0 Å². The second-order valence-corrected chi connectivity index (χ2v) is 9.89. The maximum absolute atomic E-state index is 15.7. The minimum Gasteiger partial charge on any atom is -0.463 e. The first kappa shape index (κ1) is 27.2. The number of carbonyl (C=O) groups excluding carboxylic acids is 2. The summed E-state index contributed by atoms with van der Waals surface area (Å²) in [5.41, 5.74) is 2.12. The molecule has 1 atom stereocenters. The second-order valence-electron chi connectivity index (χ2n) is 9.89. The smallest absolute Gasteiger partial charge is 0.330 e. The number of anilines is 1. The first-order chi connectivity index (χ1) is 20.5. The Bertz CT molecular complexity index is 1810. The van der Waals surface area contributed by atoms with Gasteiger partial charge in [-0.25, -0.2) is 19.2 Å². The Labute approximate surface area is 240 Å². The van der Waals surface area contributed by atoms with E-state index >= 15 is 4.39 Å². The number of fused-ring (bicyclic) bond motifs is 2. The molecule has 11 heteroatoms. The lowest BCUT2D eigenvalue weighted by Crippen LogP contribution is -2.49. The van der Waals surface area contributed by atoms with Crippen molar-refractivity contribution < 1.29 is 18.7 Å². The van der Waals surface area contributed by atoms with Crippen molar-refractivity contribution in [3.8, 4) is 5.69 Å². The minimum absolute atomic E-state index is 0.0844. The van der Waals surface area contributed by atoms with Crippen LogP contribution in [0.4, 0.5) is 10.2 Å². The average Bonchev–Trinajstić information content (AvgIpc) is 3.45. The highest BCUT2D eigenvalue weighted by Crippen LogP contribution is 2.31. The number of piperidine rings is 1. The van der Waals surface area contributed by atoms with Crippen molar-refractivity contribution in [2.24, 2.45) is 0 Å². The van der Waals surface area contributed by atoms with Crippen LogP contribution in [-0.2, 0) is 9.53 Å². The SMILES string of the molecule is CCOC(=O)/C=C/c1ccc2ccnc(N(C(=O)c3ccc(-n4nnc5cccnc54)cc3F)[C@@H]3CCCNC3)c2c1. The largest absolute Gasteiger partial charge is 0.463 e. The fraction of sp³-hybridized carbons (Fsp3) is 0.226. The molecule has 1 saturated heterocycles. The Morgan fingerprint density at radius 3 is 2.86 bits per heavy atom.